The van der Waals surface area contributed by atoms with Crippen molar-refractivity contribution in [3.05, 3.63) is 16.9 Å². The Hall–Kier alpha value is -0.910. The van der Waals surface area contributed by atoms with Crippen LogP contribution in [0.15, 0.2) is 6.20 Å². The van der Waals surface area contributed by atoms with Gasteiger partial charge in [-0.05, 0) is 20.8 Å². The van der Waals surface area contributed by atoms with Crippen LogP contribution >= 0.6 is 11.6 Å². The molecule has 1 heterocycles. The third-order valence-electron chi connectivity index (χ3n) is 2.18. The zero-order valence-electron chi connectivity index (χ0n) is 10.3. The van der Waals surface area contributed by atoms with E-state index in [4.69, 9.17) is 21.1 Å². The number of carbonyl (C=O) groups excluding carboxylic acids is 1. The molecule has 0 saturated heterocycles. The van der Waals surface area contributed by atoms with Gasteiger partial charge in [-0.15, -0.1) is 0 Å². The molecule has 0 spiro atoms. The maximum atomic E-state index is 12.2. The highest BCUT2D eigenvalue weighted by molar-refractivity contribution is 6.33. The molecule has 1 aromatic heterocycles. The monoisotopic (exact) mass is 260 g/mol. The number of nitrogens with zero attached hydrogens (tertiary/aromatic N) is 2. The predicted octanol–water partition coefficient (Wildman–Crippen LogP) is 2.14. The van der Waals surface area contributed by atoms with Crippen molar-refractivity contribution in [2.75, 3.05) is 13.2 Å². The summed E-state index contributed by atoms with van der Waals surface area (Å²) in [6.07, 6.45) is 0.539. The molecular weight excluding hydrogens is 244 g/mol. The number of halogens is 1. The average Bonchev–Trinajstić information content (AvgIpc) is 2.69. The highest BCUT2D eigenvalue weighted by atomic mass is 35.5. The molecule has 0 fully saturated rings. The maximum Gasteiger partial charge on any atom is 0.238 e. The van der Waals surface area contributed by atoms with E-state index >= 15 is 0 Å². The molecule has 5 nitrogen and oxygen atoms in total. The summed E-state index contributed by atoms with van der Waals surface area (Å²) in [5.74, 6) is -0.293. The van der Waals surface area contributed by atoms with Gasteiger partial charge in [-0.2, -0.15) is 5.10 Å². The molecule has 0 unspecified atom stereocenters. The Labute approximate surface area is 106 Å². The van der Waals surface area contributed by atoms with Gasteiger partial charge in [0, 0.05) is 19.8 Å². The number of aryl methyl sites for hydroxylation is 1. The molecule has 0 saturated carbocycles. The fourth-order valence-electron chi connectivity index (χ4n) is 1.46. The first kappa shape index (κ1) is 14.2. The second-order valence-electron chi connectivity index (χ2n) is 3.26. The van der Waals surface area contributed by atoms with Crippen LogP contribution in [0.4, 0.5) is 0 Å². The van der Waals surface area contributed by atoms with E-state index in [1.165, 1.54) is 10.9 Å². The molecule has 0 aromatic carbocycles. The van der Waals surface area contributed by atoms with Crippen LogP contribution in [-0.2, 0) is 16.0 Å². The largest absolute Gasteiger partial charge is 0.346 e. The van der Waals surface area contributed by atoms with Gasteiger partial charge in [0.15, 0.2) is 0 Å². The van der Waals surface area contributed by atoms with Crippen molar-refractivity contribution in [2.24, 2.45) is 0 Å². The van der Waals surface area contributed by atoms with Crippen molar-refractivity contribution >= 4 is 17.4 Å². The molecule has 0 aliphatic rings. The molecule has 96 valence electrons. The van der Waals surface area contributed by atoms with E-state index in [-0.39, 0.29) is 5.78 Å². The van der Waals surface area contributed by atoms with Gasteiger partial charge in [0.1, 0.15) is 5.69 Å². The van der Waals surface area contributed by atoms with Crippen LogP contribution in [0.2, 0.25) is 5.02 Å². The molecule has 0 bridgehead atoms. The standard InChI is InChI=1S/C11H17ClN2O3/c1-4-14-9(8(12)7-13-14)10(15)11(16-5-2)17-6-3/h7,11H,4-6H2,1-3H3. The lowest BCUT2D eigenvalue weighted by Crippen LogP contribution is -2.30. The molecule has 0 amide bonds. The van der Waals surface area contributed by atoms with Gasteiger partial charge >= 0.3 is 0 Å². The van der Waals surface area contributed by atoms with E-state index in [0.717, 1.165) is 0 Å². The molecule has 0 radical (unpaired) electrons. The molecule has 1 rings (SSSR count). The van der Waals surface area contributed by atoms with Gasteiger partial charge in [-0.1, -0.05) is 11.6 Å². The van der Waals surface area contributed by atoms with Crippen molar-refractivity contribution in [2.45, 2.75) is 33.6 Å². The minimum absolute atomic E-state index is 0.293. The lowest BCUT2D eigenvalue weighted by molar-refractivity contribution is -0.107. The van der Waals surface area contributed by atoms with Crippen molar-refractivity contribution in [3.63, 3.8) is 0 Å². The fraction of sp³-hybridized carbons (Fsp3) is 0.636. The van der Waals surface area contributed by atoms with E-state index in [1.807, 2.05) is 6.92 Å². The van der Waals surface area contributed by atoms with Crippen LogP contribution in [0, 0.1) is 0 Å². The van der Waals surface area contributed by atoms with Crippen molar-refractivity contribution < 1.29 is 14.3 Å². The SMILES string of the molecule is CCOC(OCC)C(=O)c1c(Cl)cnn1CC. The Balaban J connectivity index is 2.95. The van der Waals surface area contributed by atoms with Crippen LogP contribution < -0.4 is 0 Å². The van der Waals surface area contributed by atoms with Gasteiger partial charge in [0.2, 0.25) is 12.1 Å². The Morgan fingerprint density at radius 1 is 1.41 bits per heavy atom. The summed E-state index contributed by atoms with van der Waals surface area (Å²) in [7, 11) is 0. The van der Waals surface area contributed by atoms with Gasteiger partial charge in [0.25, 0.3) is 0 Å². The van der Waals surface area contributed by atoms with E-state index in [0.29, 0.717) is 30.5 Å². The molecule has 1 aromatic rings. The molecule has 6 heteroatoms. The Kier molecular flexibility index (Phi) is 5.61. The normalized spacial score (nSPS) is 11.1. The van der Waals surface area contributed by atoms with Gasteiger partial charge < -0.3 is 9.47 Å². The number of hydrogen-bond donors (Lipinski definition) is 0. The molecular formula is C11H17ClN2O3. The maximum absolute atomic E-state index is 12.2. The van der Waals surface area contributed by atoms with Crippen LogP contribution in [0.5, 0.6) is 0 Å². The summed E-state index contributed by atoms with van der Waals surface area (Å²) in [6, 6.07) is 0. The van der Waals surface area contributed by atoms with E-state index < -0.39 is 6.29 Å². The molecule has 0 aliphatic carbocycles. The van der Waals surface area contributed by atoms with Crippen molar-refractivity contribution in [1.29, 1.82) is 0 Å². The fourth-order valence-corrected chi connectivity index (χ4v) is 1.70. The molecule has 0 aliphatic heterocycles. The number of rotatable bonds is 7. The van der Waals surface area contributed by atoms with Crippen molar-refractivity contribution in [3.8, 4) is 0 Å². The Morgan fingerprint density at radius 3 is 2.47 bits per heavy atom. The minimum atomic E-state index is -0.913. The zero-order chi connectivity index (χ0) is 12.8. The predicted molar refractivity (Wildman–Crippen MR) is 64.3 cm³/mol. The van der Waals surface area contributed by atoms with Gasteiger partial charge in [-0.3, -0.25) is 9.48 Å². The van der Waals surface area contributed by atoms with Crippen LogP contribution in [0.25, 0.3) is 0 Å². The highest BCUT2D eigenvalue weighted by Crippen LogP contribution is 2.18. The van der Waals surface area contributed by atoms with E-state index in [9.17, 15) is 4.79 Å². The first-order valence-electron chi connectivity index (χ1n) is 5.64. The lowest BCUT2D eigenvalue weighted by Gasteiger charge is -2.16. The Morgan fingerprint density at radius 2 is 2.00 bits per heavy atom. The number of aromatic nitrogens is 2. The first-order valence-corrected chi connectivity index (χ1v) is 6.02. The Bertz CT molecular complexity index is 373. The summed E-state index contributed by atoms with van der Waals surface area (Å²) in [6.45, 7) is 6.86. The number of hydrogen-bond acceptors (Lipinski definition) is 4. The summed E-state index contributed by atoms with van der Waals surface area (Å²) in [4.78, 5) is 12.2. The smallest absolute Gasteiger partial charge is 0.238 e. The molecule has 17 heavy (non-hydrogen) atoms. The quantitative estimate of drug-likeness (QED) is 0.557. The second-order valence-corrected chi connectivity index (χ2v) is 3.67. The number of ether oxygens (including phenoxy) is 2. The summed E-state index contributed by atoms with van der Waals surface area (Å²) in [5.41, 5.74) is 0.334. The van der Waals surface area contributed by atoms with Crippen LogP contribution in [0.3, 0.4) is 0 Å². The minimum Gasteiger partial charge on any atom is -0.346 e. The number of Topliss-reactive ketones (excluding diaryl/α,β-unsaturated/α-hetero) is 1. The van der Waals surface area contributed by atoms with Crippen LogP contribution in [-0.4, -0.2) is 35.1 Å². The second kappa shape index (κ2) is 6.74. The van der Waals surface area contributed by atoms with Crippen molar-refractivity contribution in [1.82, 2.24) is 9.78 Å². The number of ketones is 1. The van der Waals surface area contributed by atoms with E-state index in [2.05, 4.69) is 5.10 Å². The lowest BCUT2D eigenvalue weighted by atomic mass is 10.2. The summed E-state index contributed by atoms with van der Waals surface area (Å²) >= 11 is 5.95. The van der Waals surface area contributed by atoms with Gasteiger partial charge in [0.05, 0.1) is 11.2 Å². The summed E-state index contributed by atoms with van der Waals surface area (Å²) < 4.78 is 12.0. The van der Waals surface area contributed by atoms with Crippen LogP contribution in [0.1, 0.15) is 31.3 Å². The summed E-state index contributed by atoms with van der Waals surface area (Å²) in [5, 5.41) is 4.33. The highest BCUT2D eigenvalue weighted by Gasteiger charge is 2.26. The third-order valence-corrected chi connectivity index (χ3v) is 2.45. The average molecular weight is 261 g/mol. The molecule has 0 atom stereocenters. The van der Waals surface area contributed by atoms with Gasteiger partial charge in [-0.25, -0.2) is 0 Å². The topological polar surface area (TPSA) is 53.4 Å². The first-order chi connectivity index (χ1) is 8.15. The third kappa shape index (κ3) is 3.28. The molecule has 0 N–H and O–H groups in total. The number of carbonyl (C=O) groups is 1. The van der Waals surface area contributed by atoms with E-state index in [1.54, 1.807) is 13.8 Å². The zero-order valence-corrected chi connectivity index (χ0v) is 11.0.